The van der Waals surface area contributed by atoms with Crippen molar-refractivity contribution in [3.63, 3.8) is 0 Å². The second kappa shape index (κ2) is 9.66. The number of carbonyl (C=O) groups is 1. The Morgan fingerprint density at radius 1 is 1.13 bits per heavy atom. The van der Waals surface area contributed by atoms with Crippen LogP contribution in [0.5, 0.6) is 11.5 Å². The topological polar surface area (TPSA) is 90.7 Å². The number of nitro benzene ring substituents is 1. The van der Waals surface area contributed by atoms with Gasteiger partial charge in [-0.05, 0) is 12.8 Å². The summed E-state index contributed by atoms with van der Waals surface area (Å²) < 4.78 is 11.1. The van der Waals surface area contributed by atoms with Gasteiger partial charge >= 0.3 is 5.69 Å². The lowest BCUT2D eigenvalue weighted by atomic mass is 10.2. The summed E-state index contributed by atoms with van der Waals surface area (Å²) in [6.07, 6.45) is 3.48. The first-order valence-electron chi connectivity index (χ1n) is 7.85. The van der Waals surface area contributed by atoms with E-state index in [9.17, 15) is 14.9 Å². The Kier molecular flexibility index (Phi) is 7.87. The molecule has 0 heterocycles. The Balaban J connectivity index is 3.13. The number of ether oxygens (including phenoxy) is 2. The fourth-order valence-electron chi connectivity index (χ4n) is 1.87. The Bertz CT molecular complexity index is 546. The average Bonchev–Trinajstić information content (AvgIpc) is 2.48. The van der Waals surface area contributed by atoms with E-state index in [-0.39, 0.29) is 23.1 Å². The molecule has 0 radical (unpaired) electrons. The van der Waals surface area contributed by atoms with Crippen molar-refractivity contribution < 1.29 is 19.2 Å². The summed E-state index contributed by atoms with van der Waals surface area (Å²) in [6, 6.07) is 2.76. The van der Waals surface area contributed by atoms with Crippen LogP contribution in [0.3, 0.4) is 0 Å². The fourth-order valence-corrected chi connectivity index (χ4v) is 1.87. The number of rotatable bonds is 10. The maximum Gasteiger partial charge on any atom is 0.314 e. The molecule has 1 rings (SSSR count). The van der Waals surface area contributed by atoms with Crippen molar-refractivity contribution >= 4 is 17.3 Å². The molecule has 0 aliphatic heterocycles. The Hall–Kier alpha value is -2.31. The monoisotopic (exact) mass is 324 g/mol. The van der Waals surface area contributed by atoms with Crippen molar-refractivity contribution in [2.75, 3.05) is 18.5 Å². The smallest absolute Gasteiger partial charge is 0.314 e. The highest BCUT2D eigenvalue weighted by Gasteiger charge is 2.21. The van der Waals surface area contributed by atoms with Crippen LogP contribution in [0, 0.1) is 10.1 Å². The molecule has 0 unspecified atom stereocenters. The number of carbonyl (C=O) groups excluding carboxylic acids is 1. The van der Waals surface area contributed by atoms with Gasteiger partial charge in [0.2, 0.25) is 5.91 Å². The number of hydrogen-bond acceptors (Lipinski definition) is 5. The summed E-state index contributed by atoms with van der Waals surface area (Å²) >= 11 is 0. The van der Waals surface area contributed by atoms with Crippen molar-refractivity contribution in [3.05, 3.63) is 22.2 Å². The molecule has 0 saturated carbocycles. The van der Waals surface area contributed by atoms with Crippen LogP contribution in [0.25, 0.3) is 0 Å². The maximum absolute atomic E-state index is 11.3. The lowest BCUT2D eigenvalue weighted by molar-refractivity contribution is -0.385. The molecule has 0 spiro atoms. The molecule has 0 fully saturated rings. The summed E-state index contributed by atoms with van der Waals surface area (Å²) in [6.45, 7) is 6.20. The number of unbranched alkanes of at least 4 members (excludes halogenated alkanes) is 2. The highest BCUT2D eigenvalue weighted by molar-refractivity contribution is 5.91. The number of amides is 1. The molecule has 0 aromatic heterocycles. The zero-order valence-corrected chi connectivity index (χ0v) is 13.9. The van der Waals surface area contributed by atoms with Gasteiger partial charge < -0.3 is 14.8 Å². The van der Waals surface area contributed by atoms with Crippen LogP contribution in [0.2, 0.25) is 0 Å². The number of nitro groups is 1. The third-order valence-electron chi connectivity index (χ3n) is 3.08. The molecule has 0 bridgehead atoms. The average molecular weight is 324 g/mol. The molecule has 1 aromatic carbocycles. The van der Waals surface area contributed by atoms with E-state index in [1.807, 2.05) is 13.8 Å². The standard InChI is InChI=1S/C16H24N2O5/c1-4-6-8-22-15-11-14(18(20)21)16(23-9-7-5-2)10-13(15)17-12(3)19/h10-11H,4-9H2,1-3H3,(H,17,19). The molecule has 0 atom stereocenters. The van der Waals surface area contributed by atoms with E-state index in [2.05, 4.69) is 5.32 Å². The van der Waals surface area contributed by atoms with E-state index in [1.165, 1.54) is 19.1 Å². The summed E-state index contributed by atoms with van der Waals surface area (Å²) in [5, 5.41) is 13.9. The SMILES string of the molecule is CCCCOc1cc([N+](=O)[O-])c(OCCCC)cc1NC(C)=O. The molecule has 1 aromatic rings. The summed E-state index contributed by atoms with van der Waals surface area (Å²) in [7, 11) is 0. The van der Waals surface area contributed by atoms with Gasteiger partial charge in [-0.15, -0.1) is 0 Å². The van der Waals surface area contributed by atoms with Crippen LogP contribution in [0.4, 0.5) is 11.4 Å². The number of hydrogen-bond donors (Lipinski definition) is 1. The molecule has 1 amide bonds. The van der Waals surface area contributed by atoms with E-state index < -0.39 is 4.92 Å². The molecule has 0 aliphatic carbocycles. The molecule has 1 N–H and O–H groups in total. The second-order valence-electron chi connectivity index (χ2n) is 5.16. The molecule has 7 nitrogen and oxygen atoms in total. The van der Waals surface area contributed by atoms with Crippen LogP contribution in [0.15, 0.2) is 12.1 Å². The zero-order chi connectivity index (χ0) is 17.2. The predicted molar refractivity (Wildman–Crippen MR) is 88.2 cm³/mol. The predicted octanol–water partition coefficient (Wildman–Crippen LogP) is 3.91. The van der Waals surface area contributed by atoms with Gasteiger partial charge in [-0.3, -0.25) is 14.9 Å². The van der Waals surface area contributed by atoms with Crippen molar-refractivity contribution in [2.45, 2.75) is 46.5 Å². The van der Waals surface area contributed by atoms with Gasteiger partial charge in [0.25, 0.3) is 0 Å². The number of nitrogens with one attached hydrogen (secondary N) is 1. The first-order valence-corrected chi connectivity index (χ1v) is 7.85. The minimum absolute atomic E-state index is 0.134. The minimum atomic E-state index is -0.508. The number of anilines is 1. The summed E-state index contributed by atoms with van der Waals surface area (Å²) in [5.41, 5.74) is 0.215. The fraction of sp³-hybridized carbons (Fsp3) is 0.562. The van der Waals surface area contributed by atoms with Crippen LogP contribution in [-0.2, 0) is 4.79 Å². The number of nitrogens with zero attached hydrogens (tertiary/aromatic N) is 1. The van der Waals surface area contributed by atoms with Crippen molar-refractivity contribution in [1.82, 2.24) is 0 Å². The molecule has 0 aliphatic rings. The largest absolute Gasteiger partial charge is 0.491 e. The lowest BCUT2D eigenvalue weighted by Gasteiger charge is -2.14. The van der Waals surface area contributed by atoms with Crippen LogP contribution < -0.4 is 14.8 Å². The normalized spacial score (nSPS) is 10.2. The van der Waals surface area contributed by atoms with Crippen LogP contribution >= 0.6 is 0 Å². The van der Waals surface area contributed by atoms with E-state index in [0.29, 0.717) is 18.9 Å². The van der Waals surface area contributed by atoms with Crippen molar-refractivity contribution in [3.8, 4) is 11.5 Å². The number of benzene rings is 1. The first-order chi connectivity index (χ1) is 11.0. The van der Waals surface area contributed by atoms with Crippen molar-refractivity contribution in [1.29, 1.82) is 0 Å². The lowest BCUT2D eigenvalue weighted by Crippen LogP contribution is -2.10. The minimum Gasteiger partial charge on any atom is -0.491 e. The third kappa shape index (κ3) is 6.14. The van der Waals surface area contributed by atoms with Gasteiger partial charge in [0.1, 0.15) is 5.75 Å². The highest BCUT2D eigenvalue weighted by Crippen LogP contribution is 2.38. The second-order valence-corrected chi connectivity index (χ2v) is 5.16. The first kappa shape index (κ1) is 18.7. The van der Waals surface area contributed by atoms with Gasteiger partial charge in [-0.25, -0.2) is 0 Å². The van der Waals surface area contributed by atoms with Gasteiger partial charge in [-0.2, -0.15) is 0 Å². The molecular formula is C16H24N2O5. The Morgan fingerprint density at radius 3 is 2.17 bits per heavy atom. The van der Waals surface area contributed by atoms with E-state index in [4.69, 9.17) is 9.47 Å². The van der Waals surface area contributed by atoms with E-state index >= 15 is 0 Å². The maximum atomic E-state index is 11.3. The van der Waals surface area contributed by atoms with E-state index in [0.717, 1.165) is 25.7 Å². The summed E-state index contributed by atoms with van der Waals surface area (Å²) in [4.78, 5) is 22.1. The highest BCUT2D eigenvalue weighted by atomic mass is 16.6. The van der Waals surface area contributed by atoms with Crippen LogP contribution in [0.1, 0.15) is 46.5 Å². The quantitative estimate of drug-likeness (QED) is 0.400. The Morgan fingerprint density at radius 2 is 1.70 bits per heavy atom. The molecule has 0 saturated heterocycles. The Labute approximate surface area is 136 Å². The van der Waals surface area contributed by atoms with Gasteiger partial charge in [0.15, 0.2) is 5.75 Å². The molecule has 23 heavy (non-hydrogen) atoms. The van der Waals surface area contributed by atoms with Crippen molar-refractivity contribution in [2.24, 2.45) is 0 Å². The van der Waals surface area contributed by atoms with Gasteiger partial charge in [0, 0.05) is 13.0 Å². The molecule has 7 heteroatoms. The zero-order valence-electron chi connectivity index (χ0n) is 13.9. The van der Waals surface area contributed by atoms with Gasteiger partial charge in [0.05, 0.1) is 29.9 Å². The molecule has 128 valence electrons. The van der Waals surface area contributed by atoms with Crippen LogP contribution in [-0.4, -0.2) is 24.0 Å². The molecular weight excluding hydrogens is 300 g/mol. The van der Waals surface area contributed by atoms with Gasteiger partial charge in [-0.1, -0.05) is 26.7 Å². The summed E-state index contributed by atoms with van der Waals surface area (Å²) in [5.74, 6) is 0.136. The third-order valence-corrected chi connectivity index (χ3v) is 3.08. The van der Waals surface area contributed by atoms with E-state index in [1.54, 1.807) is 0 Å².